The summed E-state index contributed by atoms with van der Waals surface area (Å²) in [5.74, 6) is 0.0319. The lowest BCUT2D eigenvalue weighted by molar-refractivity contribution is 0.0696. The molecule has 0 heterocycles. The van der Waals surface area contributed by atoms with E-state index in [-0.39, 0.29) is 5.56 Å². The maximum Gasteiger partial charge on any atom is 0.335 e. The highest BCUT2D eigenvalue weighted by Gasteiger charge is 2.07. The molecule has 92 valence electrons. The van der Waals surface area contributed by atoms with Crippen molar-refractivity contribution in [1.29, 1.82) is 0 Å². The first-order chi connectivity index (χ1) is 8.15. The lowest BCUT2D eigenvalue weighted by Gasteiger charge is -2.07. The summed E-state index contributed by atoms with van der Waals surface area (Å²) < 4.78 is 13.4. The minimum Gasteiger partial charge on any atom is -0.478 e. The Labute approximate surface area is 104 Å². The summed E-state index contributed by atoms with van der Waals surface area (Å²) in [5.41, 5.74) is 0.281. The third-order valence-electron chi connectivity index (χ3n) is 2.01. The summed E-state index contributed by atoms with van der Waals surface area (Å²) in [6.07, 6.45) is 1.81. The summed E-state index contributed by atoms with van der Waals surface area (Å²) >= 11 is 1.69. The van der Waals surface area contributed by atoms with Crippen LogP contribution in [-0.4, -0.2) is 29.1 Å². The molecule has 17 heavy (non-hydrogen) atoms. The second-order valence-corrected chi connectivity index (χ2v) is 4.44. The van der Waals surface area contributed by atoms with Crippen LogP contribution in [0.2, 0.25) is 0 Å². The molecule has 0 saturated carbocycles. The number of anilines is 1. The van der Waals surface area contributed by atoms with E-state index in [2.05, 4.69) is 11.9 Å². The van der Waals surface area contributed by atoms with E-state index in [9.17, 15) is 9.18 Å². The number of carboxylic acid groups (broad SMARTS) is 1. The molecular formula is C12H14FNO2S. The van der Waals surface area contributed by atoms with E-state index in [1.54, 1.807) is 11.8 Å². The Kier molecular flexibility index (Phi) is 5.56. The van der Waals surface area contributed by atoms with Crippen molar-refractivity contribution in [3.8, 4) is 0 Å². The zero-order chi connectivity index (χ0) is 12.7. The Bertz CT molecular complexity index is 409. The van der Waals surface area contributed by atoms with Crippen LogP contribution in [0.3, 0.4) is 0 Å². The van der Waals surface area contributed by atoms with Gasteiger partial charge in [-0.25, -0.2) is 9.18 Å². The van der Waals surface area contributed by atoms with E-state index >= 15 is 0 Å². The average molecular weight is 255 g/mol. The van der Waals surface area contributed by atoms with E-state index in [4.69, 9.17) is 5.11 Å². The number of hydrogen-bond acceptors (Lipinski definition) is 3. The van der Waals surface area contributed by atoms with Gasteiger partial charge in [-0.1, -0.05) is 6.08 Å². The van der Waals surface area contributed by atoms with Crippen molar-refractivity contribution in [2.24, 2.45) is 0 Å². The molecule has 0 saturated heterocycles. The topological polar surface area (TPSA) is 49.3 Å². The van der Waals surface area contributed by atoms with Crippen molar-refractivity contribution >= 4 is 23.4 Å². The SMILES string of the molecule is C=CCSCCNc1ccc(C(=O)O)cc1F. The van der Waals surface area contributed by atoms with Crippen LogP contribution in [0.25, 0.3) is 0 Å². The molecule has 3 nitrogen and oxygen atoms in total. The molecule has 0 aliphatic carbocycles. The first-order valence-electron chi connectivity index (χ1n) is 5.10. The van der Waals surface area contributed by atoms with Gasteiger partial charge in [0.1, 0.15) is 5.82 Å². The standard InChI is InChI=1S/C12H14FNO2S/c1-2-6-17-7-5-14-11-4-3-9(12(15)16)8-10(11)13/h2-4,8,14H,1,5-7H2,(H,15,16). The number of carbonyl (C=O) groups is 1. The summed E-state index contributed by atoms with van der Waals surface area (Å²) in [7, 11) is 0. The van der Waals surface area contributed by atoms with E-state index in [1.165, 1.54) is 12.1 Å². The Morgan fingerprint density at radius 3 is 2.94 bits per heavy atom. The number of nitrogens with one attached hydrogen (secondary N) is 1. The van der Waals surface area contributed by atoms with E-state index in [0.717, 1.165) is 17.6 Å². The number of benzene rings is 1. The molecule has 0 bridgehead atoms. The molecule has 0 aliphatic heterocycles. The lowest BCUT2D eigenvalue weighted by atomic mass is 10.2. The number of rotatable bonds is 7. The first-order valence-corrected chi connectivity index (χ1v) is 6.26. The quantitative estimate of drug-likeness (QED) is 0.581. The van der Waals surface area contributed by atoms with Gasteiger partial charge in [0.25, 0.3) is 0 Å². The fourth-order valence-electron chi connectivity index (χ4n) is 1.22. The van der Waals surface area contributed by atoms with Gasteiger partial charge in [0.2, 0.25) is 0 Å². The molecule has 0 fully saturated rings. The van der Waals surface area contributed by atoms with Crippen LogP contribution in [0.1, 0.15) is 10.4 Å². The molecule has 5 heteroatoms. The van der Waals surface area contributed by atoms with Gasteiger partial charge < -0.3 is 10.4 Å². The fourth-order valence-corrected chi connectivity index (χ4v) is 1.80. The second-order valence-electron chi connectivity index (χ2n) is 3.29. The molecule has 1 rings (SSSR count). The van der Waals surface area contributed by atoms with Crippen molar-refractivity contribution in [2.45, 2.75) is 0 Å². The van der Waals surface area contributed by atoms with Gasteiger partial charge in [-0.05, 0) is 18.2 Å². The third kappa shape index (κ3) is 4.48. The molecule has 0 aliphatic rings. The zero-order valence-corrected chi connectivity index (χ0v) is 10.1. The van der Waals surface area contributed by atoms with E-state index in [1.807, 2.05) is 6.08 Å². The molecular weight excluding hydrogens is 241 g/mol. The normalized spacial score (nSPS) is 9.94. The Balaban J connectivity index is 2.49. The summed E-state index contributed by atoms with van der Waals surface area (Å²) in [6.45, 7) is 4.23. The van der Waals surface area contributed by atoms with Crippen LogP contribution in [-0.2, 0) is 0 Å². The first kappa shape index (κ1) is 13.6. The minimum absolute atomic E-state index is 0.0471. The van der Waals surface area contributed by atoms with E-state index < -0.39 is 11.8 Å². The number of halogens is 1. The summed E-state index contributed by atoms with van der Waals surface area (Å²) in [6, 6.07) is 3.84. The van der Waals surface area contributed by atoms with Gasteiger partial charge in [0, 0.05) is 18.1 Å². The van der Waals surface area contributed by atoms with Crippen LogP contribution in [0.5, 0.6) is 0 Å². The van der Waals surface area contributed by atoms with Crippen LogP contribution >= 0.6 is 11.8 Å². The molecule has 1 aromatic carbocycles. The largest absolute Gasteiger partial charge is 0.478 e. The van der Waals surface area contributed by atoms with Crippen LogP contribution in [0, 0.1) is 5.82 Å². The molecule has 1 aromatic rings. The fraction of sp³-hybridized carbons (Fsp3) is 0.250. The van der Waals surface area contributed by atoms with Gasteiger partial charge in [-0.3, -0.25) is 0 Å². The molecule has 0 spiro atoms. The van der Waals surface area contributed by atoms with Crippen LogP contribution < -0.4 is 5.32 Å². The van der Waals surface area contributed by atoms with Crippen molar-refractivity contribution < 1.29 is 14.3 Å². The lowest BCUT2D eigenvalue weighted by Crippen LogP contribution is -2.07. The van der Waals surface area contributed by atoms with Gasteiger partial charge in [0.05, 0.1) is 11.3 Å². The minimum atomic E-state index is -1.13. The predicted octanol–water partition coefficient (Wildman–Crippen LogP) is 2.86. The number of hydrogen-bond donors (Lipinski definition) is 2. The predicted molar refractivity (Wildman–Crippen MR) is 69.4 cm³/mol. The highest BCUT2D eigenvalue weighted by Crippen LogP contribution is 2.15. The third-order valence-corrected chi connectivity index (χ3v) is 2.98. The highest BCUT2D eigenvalue weighted by molar-refractivity contribution is 7.99. The number of carboxylic acids is 1. The highest BCUT2D eigenvalue weighted by atomic mass is 32.2. The molecule has 0 radical (unpaired) electrons. The number of thioether (sulfide) groups is 1. The van der Waals surface area contributed by atoms with Gasteiger partial charge in [-0.15, -0.1) is 6.58 Å². The molecule has 2 N–H and O–H groups in total. The van der Waals surface area contributed by atoms with Crippen molar-refractivity contribution in [3.05, 3.63) is 42.2 Å². The molecule has 0 amide bonds. The van der Waals surface area contributed by atoms with Gasteiger partial charge in [-0.2, -0.15) is 11.8 Å². The molecule has 0 aromatic heterocycles. The summed E-state index contributed by atoms with van der Waals surface area (Å²) in [5, 5.41) is 11.6. The second kappa shape index (κ2) is 6.96. The number of aromatic carboxylic acids is 1. The average Bonchev–Trinajstić information content (AvgIpc) is 2.30. The smallest absolute Gasteiger partial charge is 0.335 e. The van der Waals surface area contributed by atoms with E-state index in [0.29, 0.717) is 12.2 Å². The van der Waals surface area contributed by atoms with Gasteiger partial charge in [0.15, 0.2) is 0 Å². The molecule has 0 atom stereocenters. The van der Waals surface area contributed by atoms with Gasteiger partial charge >= 0.3 is 5.97 Å². The monoisotopic (exact) mass is 255 g/mol. The summed E-state index contributed by atoms with van der Waals surface area (Å²) in [4.78, 5) is 10.6. The van der Waals surface area contributed by atoms with Crippen molar-refractivity contribution in [1.82, 2.24) is 0 Å². The maximum absolute atomic E-state index is 13.4. The van der Waals surface area contributed by atoms with Crippen molar-refractivity contribution in [2.75, 3.05) is 23.4 Å². The van der Waals surface area contributed by atoms with Crippen molar-refractivity contribution in [3.63, 3.8) is 0 Å². The zero-order valence-electron chi connectivity index (χ0n) is 9.28. The maximum atomic E-state index is 13.4. The molecule has 0 unspecified atom stereocenters. The Hall–Kier alpha value is -1.49. The van der Waals surface area contributed by atoms with Crippen LogP contribution in [0.15, 0.2) is 30.9 Å². The Morgan fingerprint density at radius 2 is 2.35 bits per heavy atom. The van der Waals surface area contributed by atoms with Crippen LogP contribution in [0.4, 0.5) is 10.1 Å². The Morgan fingerprint density at radius 1 is 1.59 bits per heavy atom.